The van der Waals surface area contributed by atoms with Crippen molar-refractivity contribution >= 4 is 48.2 Å². The Morgan fingerprint density at radius 2 is 1.42 bits per heavy atom. The molecule has 4 aromatic carbocycles. The van der Waals surface area contributed by atoms with Gasteiger partial charge in [-0.2, -0.15) is 4.31 Å². The second-order valence-electron chi connectivity index (χ2n) is 12.7. The lowest BCUT2D eigenvalue weighted by Gasteiger charge is -2.27. The number of hydrogen-bond donors (Lipinski definition) is 1. The molecule has 1 amide bonds. The van der Waals surface area contributed by atoms with Crippen molar-refractivity contribution in [2.24, 2.45) is 0 Å². The molecule has 1 aliphatic rings. The molecule has 1 heterocycles. The Kier molecular flexibility index (Phi) is 10.8. The number of aromatic nitrogens is 1. The predicted octanol–water partition coefficient (Wildman–Crippen LogP) is 7.63. The van der Waals surface area contributed by atoms with Gasteiger partial charge in [0, 0.05) is 30.0 Å². The summed E-state index contributed by atoms with van der Waals surface area (Å²) in [6, 6.07) is 21.0. The molecule has 1 saturated carbocycles. The summed E-state index contributed by atoms with van der Waals surface area (Å²) >= 11 is 0. The lowest BCUT2D eigenvalue weighted by Crippen LogP contribution is -2.41. The molecule has 6 rings (SSSR count). The standard InChI is InChI=1S/C37H33F5N4O5S2/c1-45(53(50,51)37-35(41)33(39)32(38)34(40)36(37)42)22-31(47)46(21-23-9-11-25(12-10-23)24-6-3-2-4-7-24)28-15-13-27(14-16-28)44-52(48,49)29-17-18-30-26(20-29)8-5-19-43-30/h5,8-20,24,44H,2-4,6-7,21-22H2,1H3. The highest BCUT2D eigenvalue weighted by atomic mass is 32.2. The molecule has 0 atom stereocenters. The van der Waals surface area contributed by atoms with E-state index in [9.17, 15) is 43.6 Å². The van der Waals surface area contributed by atoms with Crippen LogP contribution < -0.4 is 9.62 Å². The summed E-state index contributed by atoms with van der Waals surface area (Å²) in [5, 5.41) is 0.610. The molecule has 0 spiro atoms. The van der Waals surface area contributed by atoms with E-state index < -0.39 is 66.5 Å². The van der Waals surface area contributed by atoms with Gasteiger partial charge in [0.05, 0.1) is 23.5 Å². The number of carbonyl (C=O) groups excluding carboxylic acids is 1. The van der Waals surface area contributed by atoms with Crippen LogP contribution in [0.1, 0.15) is 49.1 Å². The summed E-state index contributed by atoms with van der Waals surface area (Å²) < 4.78 is 126. The van der Waals surface area contributed by atoms with Gasteiger partial charge in [-0.1, -0.05) is 49.6 Å². The molecular formula is C37H33F5N4O5S2. The van der Waals surface area contributed by atoms with Crippen LogP contribution in [-0.2, 0) is 31.4 Å². The van der Waals surface area contributed by atoms with Crippen molar-refractivity contribution in [2.75, 3.05) is 23.2 Å². The number of amides is 1. The normalized spacial score (nSPS) is 14.1. The van der Waals surface area contributed by atoms with Crippen molar-refractivity contribution < 1.29 is 43.6 Å². The van der Waals surface area contributed by atoms with E-state index in [1.807, 2.05) is 24.3 Å². The number of pyridine rings is 1. The monoisotopic (exact) mass is 772 g/mol. The molecule has 1 aromatic heterocycles. The number of carbonyl (C=O) groups is 1. The molecule has 53 heavy (non-hydrogen) atoms. The van der Waals surface area contributed by atoms with Gasteiger partial charge < -0.3 is 4.90 Å². The van der Waals surface area contributed by atoms with Crippen LogP contribution in [0, 0.1) is 29.1 Å². The Morgan fingerprint density at radius 3 is 2.06 bits per heavy atom. The zero-order valence-electron chi connectivity index (χ0n) is 28.2. The van der Waals surface area contributed by atoms with E-state index in [2.05, 4.69) is 9.71 Å². The number of benzene rings is 4. The summed E-state index contributed by atoms with van der Waals surface area (Å²) in [6.45, 7) is -1.18. The average Bonchev–Trinajstić information content (AvgIpc) is 3.16. The molecule has 1 N–H and O–H groups in total. The van der Waals surface area contributed by atoms with E-state index in [4.69, 9.17) is 0 Å². The van der Waals surface area contributed by atoms with E-state index in [-0.39, 0.29) is 27.1 Å². The lowest BCUT2D eigenvalue weighted by atomic mass is 9.84. The lowest BCUT2D eigenvalue weighted by molar-refractivity contribution is -0.118. The van der Waals surface area contributed by atoms with E-state index in [1.54, 1.807) is 24.4 Å². The molecule has 0 aliphatic heterocycles. The van der Waals surface area contributed by atoms with Gasteiger partial charge in [-0.3, -0.25) is 14.5 Å². The number of rotatable bonds is 11. The first-order chi connectivity index (χ1) is 25.2. The van der Waals surface area contributed by atoms with Crippen LogP contribution in [0.3, 0.4) is 0 Å². The Bertz CT molecular complexity index is 2360. The fraction of sp³-hybridized carbons (Fsp3) is 0.243. The molecule has 0 saturated heterocycles. The van der Waals surface area contributed by atoms with Crippen molar-refractivity contribution in [3.8, 4) is 0 Å². The molecule has 16 heteroatoms. The summed E-state index contributed by atoms with van der Waals surface area (Å²) in [7, 11) is -8.72. The van der Waals surface area contributed by atoms with E-state index >= 15 is 0 Å². The maximum absolute atomic E-state index is 14.5. The minimum Gasteiger partial charge on any atom is -0.307 e. The minimum absolute atomic E-state index is 0.0198. The number of hydrogen-bond acceptors (Lipinski definition) is 6. The fourth-order valence-electron chi connectivity index (χ4n) is 6.31. The average molecular weight is 773 g/mol. The Balaban J connectivity index is 1.27. The van der Waals surface area contributed by atoms with Gasteiger partial charge in [-0.15, -0.1) is 0 Å². The van der Waals surface area contributed by atoms with Gasteiger partial charge in [0.15, 0.2) is 28.2 Å². The van der Waals surface area contributed by atoms with Crippen LogP contribution in [0.4, 0.5) is 33.3 Å². The van der Waals surface area contributed by atoms with Gasteiger partial charge >= 0.3 is 0 Å². The molecule has 0 bridgehead atoms. The summed E-state index contributed by atoms with van der Waals surface area (Å²) in [5.74, 6) is -13.1. The Hall–Kier alpha value is -4.93. The number of anilines is 2. The van der Waals surface area contributed by atoms with Crippen LogP contribution in [-0.4, -0.2) is 45.6 Å². The van der Waals surface area contributed by atoms with Crippen LogP contribution in [0.15, 0.2) is 94.9 Å². The number of likely N-dealkylation sites (N-methyl/N-ethyl adjacent to an activating group) is 1. The molecule has 0 radical (unpaired) electrons. The molecule has 9 nitrogen and oxygen atoms in total. The third kappa shape index (κ3) is 7.89. The van der Waals surface area contributed by atoms with Crippen molar-refractivity contribution in [3.05, 3.63) is 125 Å². The highest BCUT2D eigenvalue weighted by molar-refractivity contribution is 7.92. The van der Waals surface area contributed by atoms with Crippen molar-refractivity contribution in [1.82, 2.24) is 9.29 Å². The van der Waals surface area contributed by atoms with Gasteiger partial charge in [0.2, 0.25) is 21.7 Å². The number of halogens is 5. The highest BCUT2D eigenvalue weighted by Gasteiger charge is 2.37. The summed E-state index contributed by atoms with van der Waals surface area (Å²) in [6.07, 6.45) is 7.14. The second kappa shape index (κ2) is 15.2. The first-order valence-corrected chi connectivity index (χ1v) is 19.4. The van der Waals surface area contributed by atoms with Crippen molar-refractivity contribution in [2.45, 2.75) is 54.4 Å². The van der Waals surface area contributed by atoms with Gasteiger partial charge in [0.25, 0.3) is 10.0 Å². The van der Waals surface area contributed by atoms with Gasteiger partial charge in [-0.25, -0.2) is 38.8 Å². The predicted molar refractivity (Wildman–Crippen MR) is 188 cm³/mol. The summed E-state index contributed by atoms with van der Waals surface area (Å²) in [4.78, 5) is 17.1. The third-order valence-electron chi connectivity index (χ3n) is 9.21. The third-order valence-corrected chi connectivity index (χ3v) is 12.4. The van der Waals surface area contributed by atoms with Crippen LogP contribution in [0.5, 0.6) is 0 Å². The van der Waals surface area contributed by atoms with Crippen molar-refractivity contribution in [1.29, 1.82) is 0 Å². The number of sulfonamides is 2. The number of nitrogens with one attached hydrogen (secondary N) is 1. The number of fused-ring (bicyclic) bond motifs is 1. The van der Waals surface area contributed by atoms with Crippen molar-refractivity contribution in [3.63, 3.8) is 0 Å². The molecular weight excluding hydrogens is 740 g/mol. The SMILES string of the molecule is CN(CC(=O)N(Cc1ccc(C2CCCCC2)cc1)c1ccc(NS(=O)(=O)c2ccc3ncccc3c2)cc1)S(=O)(=O)c1c(F)c(F)c(F)c(F)c1F. The van der Waals surface area contributed by atoms with Crippen LogP contribution >= 0.6 is 0 Å². The molecule has 5 aromatic rings. The first kappa shape index (κ1) is 37.8. The second-order valence-corrected chi connectivity index (χ2v) is 16.4. The van der Waals surface area contributed by atoms with Crippen LogP contribution in [0.25, 0.3) is 10.9 Å². The zero-order chi connectivity index (χ0) is 38.1. The molecule has 0 unspecified atom stereocenters. The maximum Gasteiger partial charge on any atom is 0.261 e. The van der Waals surface area contributed by atoms with Gasteiger partial charge in [-0.05, 0) is 78.4 Å². The number of nitrogens with zero attached hydrogens (tertiary/aromatic N) is 3. The Labute approximate surface area is 303 Å². The largest absolute Gasteiger partial charge is 0.307 e. The quantitative estimate of drug-likeness (QED) is 0.0839. The topological polar surface area (TPSA) is 117 Å². The zero-order valence-corrected chi connectivity index (χ0v) is 29.8. The Morgan fingerprint density at radius 1 is 0.792 bits per heavy atom. The molecule has 1 aliphatic carbocycles. The summed E-state index contributed by atoms with van der Waals surface area (Å²) in [5.41, 5.74) is 2.70. The van der Waals surface area contributed by atoms with Crippen LogP contribution in [0.2, 0.25) is 0 Å². The first-order valence-electron chi connectivity index (χ1n) is 16.5. The minimum atomic E-state index is -5.42. The fourth-order valence-corrected chi connectivity index (χ4v) is 8.63. The molecule has 278 valence electrons. The van der Waals surface area contributed by atoms with E-state index in [0.717, 1.165) is 43.2 Å². The van der Waals surface area contributed by atoms with E-state index in [0.29, 0.717) is 22.4 Å². The smallest absolute Gasteiger partial charge is 0.261 e. The van der Waals surface area contributed by atoms with E-state index in [1.165, 1.54) is 42.8 Å². The highest BCUT2D eigenvalue weighted by Crippen LogP contribution is 2.33. The molecule has 1 fully saturated rings. The maximum atomic E-state index is 14.5. The van der Waals surface area contributed by atoms with Gasteiger partial charge in [0.1, 0.15) is 0 Å².